The van der Waals surface area contributed by atoms with Crippen LogP contribution in [0.2, 0.25) is 0 Å². The van der Waals surface area contributed by atoms with Crippen molar-refractivity contribution in [2.75, 3.05) is 5.32 Å². The molecule has 2 amide bonds. The van der Waals surface area contributed by atoms with Crippen molar-refractivity contribution in [2.45, 2.75) is 25.3 Å². The van der Waals surface area contributed by atoms with Gasteiger partial charge in [-0.1, -0.05) is 42.5 Å². The summed E-state index contributed by atoms with van der Waals surface area (Å²) in [5.74, 6) is 0.721. The van der Waals surface area contributed by atoms with Crippen LogP contribution in [0.25, 0.3) is 11.0 Å². The van der Waals surface area contributed by atoms with Crippen LogP contribution in [0.5, 0.6) is 0 Å². The van der Waals surface area contributed by atoms with Crippen molar-refractivity contribution >= 4 is 28.5 Å². The van der Waals surface area contributed by atoms with Gasteiger partial charge in [0.15, 0.2) is 0 Å². The van der Waals surface area contributed by atoms with Gasteiger partial charge in [-0.05, 0) is 61.2 Å². The maximum absolute atomic E-state index is 13.0. The Morgan fingerprint density at radius 3 is 2.38 bits per heavy atom. The number of fused-ring (bicyclic) bond motifs is 1. The molecule has 0 aliphatic heterocycles. The molecule has 0 radical (unpaired) electrons. The molecule has 6 nitrogen and oxygen atoms in total. The number of H-pyrrole nitrogens is 1. The minimum atomic E-state index is -0.313. The van der Waals surface area contributed by atoms with Crippen molar-refractivity contribution in [1.82, 2.24) is 15.3 Å². The summed E-state index contributed by atoms with van der Waals surface area (Å²) in [5, 5.41) is 6.03. The maximum atomic E-state index is 13.0. The zero-order chi connectivity index (χ0) is 21.9. The summed E-state index contributed by atoms with van der Waals surface area (Å²) < 4.78 is 0. The maximum Gasteiger partial charge on any atom is 0.251 e. The third-order valence-corrected chi connectivity index (χ3v) is 5.69. The normalized spacial score (nSPS) is 14.1. The number of aromatic amines is 1. The lowest BCUT2D eigenvalue weighted by molar-refractivity contribution is -0.117. The van der Waals surface area contributed by atoms with Crippen LogP contribution in [-0.2, 0) is 11.2 Å². The fourth-order valence-electron chi connectivity index (χ4n) is 3.74. The molecule has 3 aromatic carbocycles. The van der Waals surface area contributed by atoms with Crippen LogP contribution in [0.15, 0.2) is 78.9 Å². The molecule has 1 heterocycles. The number of benzene rings is 3. The third-order valence-electron chi connectivity index (χ3n) is 5.69. The molecule has 1 aliphatic rings. The van der Waals surface area contributed by atoms with Gasteiger partial charge in [-0.2, -0.15) is 0 Å². The van der Waals surface area contributed by atoms with Gasteiger partial charge < -0.3 is 15.6 Å². The van der Waals surface area contributed by atoms with Gasteiger partial charge in [0.05, 0.1) is 17.1 Å². The number of carbonyl (C=O) groups excluding carboxylic acids is 2. The minimum Gasteiger partial charge on any atom is -0.342 e. The van der Waals surface area contributed by atoms with Crippen molar-refractivity contribution in [3.8, 4) is 0 Å². The monoisotopic (exact) mass is 424 g/mol. The van der Waals surface area contributed by atoms with Crippen LogP contribution in [-0.4, -0.2) is 21.8 Å². The number of imidazole rings is 1. The highest BCUT2D eigenvalue weighted by Gasteiger charge is 2.29. The quantitative estimate of drug-likeness (QED) is 0.404. The first kappa shape index (κ1) is 20.0. The van der Waals surface area contributed by atoms with Crippen LogP contribution in [0.3, 0.4) is 0 Å². The first-order valence-corrected chi connectivity index (χ1v) is 10.9. The van der Waals surface area contributed by atoms with E-state index in [1.54, 1.807) is 24.3 Å². The van der Waals surface area contributed by atoms with Crippen molar-refractivity contribution in [3.05, 3.63) is 95.8 Å². The van der Waals surface area contributed by atoms with Gasteiger partial charge in [0.2, 0.25) is 5.91 Å². The van der Waals surface area contributed by atoms with Crippen LogP contribution >= 0.6 is 0 Å². The lowest BCUT2D eigenvalue weighted by Gasteiger charge is -2.17. The molecule has 160 valence electrons. The van der Waals surface area contributed by atoms with E-state index in [0.29, 0.717) is 17.7 Å². The Labute approximate surface area is 186 Å². The van der Waals surface area contributed by atoms with E-state index in [9.17, 15) is 9.59 Å². The van der Waals surface area contributed by atoms with Gasteiger partial charge in [0.1, 0.15) is 5.82 Å². The number of rotatable bonds is 7. The van der Waals surface area contributed by atoms with Crippen LogP contribution in [0.4, 0.5) is 5.69 Å². The van der Waals surface area contributed by atoms with E-state index in [0.717, 1.165) is 35.3 Å². The van der Waals surface area contributed by atoms with Gasteiger partial charge in [0, 0.05) is 17.2 Å². The number of anilines is 1. The molecule has 4 aromatic rings. The number of hydrogen-bond donors (Lipinski definition) is 3. The Morgan fingerprint density at radius 2 is 1.66 bits per heavy atom. The van der Waals surface area contributed by atoms with Crippen molar-refractivity contribution in [1.29, 1.82) is 0 Å². The Kier molecular flexibility index (Phi) is 5.42. The van der Waals surface area contributed by atoms with Crippen molar-refractivity contribution in [2.24, 2.45) is 5.92 Å². The smallest absolute Gasteiger partial charge is 0.251 e. The topological polar surface area (TPSA) is 86.9 Å². The summed E-state index contributed by atoms with van der Waals surface area (Å²) in [6.07, 6.45) is 2.52. The number of para-hydroxylation sites is 2. The van der Waals surface area contributed by atoms with Crippen LogP contribution in [0, 0.1) is 5.92 Å². The van der Waals surface area contributed by atoms with E-state index in [2.05, 4.69) is 15.6 Å². The average Bonchev–Trinajstić information content (AvgIpc) is 3.58. The molecule has 0 unspecified atom stereocenters. The van der Waals surface area contributed by atoms with Gasteiger partial charge in [-0.25, -0.2) is 4.98 Å². The molecule has 1 fully saturated rings. The van der Waals surface area contributed by atoms with E-state index >= 15 is 0 Å². The summed E-state index contributed by atoms with van der Waals surface area (Å²) >= 11 is 0. The zero-order valence-corrected chi connectivity index (χ0v) is 17.5. The molecular weight excluding hydrogens is 400 g/mol. The number of aromatic nitrogens is 2. The molecule has 6 heteroatoms. The third kappa shape index (κ3) is 4.54. The lowest BCUT2D eigenvalue weighted by Crippen LogP contribution is -2.30. The fourth-order valence-corrected chi connectivity index (χ4v) is 3.74. The van der Waals surface area contributed by atoms with Crippen LogP contribution in [0.1, 0.15) is 40.6 Å². The molecule has 5 rings (SSSR count). The van der Waals surface area contributed by atoms with Gasteiger partial charge >= 0.3 is 0 Å². The summed E-state index contributed by atoms with van der Waals surface area (Å²) in [4.78, 5) is 33.0. The molecular formula is C26H24N4O2. The Bertz CT molecular complexity index is 1210. The molecule has 1 aliphatic carbocycles. The first-order chi connectivity index (χ1) is 15.7. The van der Waals surface area contributed by atoms with Gasteiger partial charge in [0.25, 0.3) is 5.91 Å². The molecule has 1 aromatic heterocycles. The van der Waals surface area contributed by atoms with E-state index in [1.165, 1.54) is 0 Å². The molecule has 1 saturated carbocycles. The lowest BCUT2D eigenvalue weighted by atomic mass is 10.0. The minimum absolute atomic E-state index is 0.0509. The predicted molar refractivity (Wildman–Crippen MR) is 124 cm³/mol. The highest BCUT2D eigenvalue weighted by atomic mass is 16.2. The largest absolute Gasteiger partial charge is 0.342 e. The molecule has 32 heavy (non-hydrogen) atoms. The highest BCUT2D eigenvalue weighted by Crippen LogP contribution is 2.30. The number of carbonyl (C=O) groups is 2. The summed E-state index contributed by atoms with van der Waals surface area (Å²) in [5.41, 5.74) is 4.15. The standard InChI is InChI=1S/C26H24N4O2/c31-25(18-10-11-18)27-20-14-12-19(13-15-20)26(32)30-23(16-17-6-2-1-3-7-17)24-28-21-8-4-5-9-22(21)29-24/h1-9,12-15,18,23H,10-11,16H2,(H,27,31)(H,28,29)(H,30,32)/t23-/m0/s1. The first-order valence-electron chi connectivity index (χ1n) is 10.9. The SMILES string of the molecule is O=C(N[C@@H](Cc1ccccc1)c1nc2ccccc2[nH]1)c1ccc(NC(=O)C2CC2)cc1. The highest BCUT2D eigenvalue weighted by molar-refractivity contribution is 5.97. The number of hydrogen-bond acceptors (Lipinski definition) is 3. The van der Waals surface area contributed by atoms with Gasteiger partial charge in [-0.3, -0.25) is 9.59 Å². The molecule has 0 spiro atoms. The van der Waals surface area contributed by atoms with Crippen molar-refractivity contribution in [3.63, 3.8) is 0 Å². The van der Waals surface area contributed by atoms with E-state index in [-0.39, 0.29) is 23.8 Å². The second kappa shape index (κ2) is 8.67. The number of nitrogens with zero attached hydrogens (tertiary/aromatic N) is 1. The number of amides is 2. The van der Waals surface area contributed by atoms with Crippen LogP contribution < -0.4 is 10.6 Å². The molecule has 3 N–H and O–H groups in total. The summed E-state index contributed by atoms with van der Waals surface area (Å²) in [6, 6.07) is 24.5. The van der Waals surface area contributed by atoms with E-state index in [1.807, 2.05) is 54.6 Å². The fraction of sp³-hybridized carbons (Fsp3) is 0.192. The molecule has 0 saturated heterocycles. The molecule has 1 atom stereocenters. The summed E-state index contributed by atoms with van der Waals surface area (Å²) in [7, 11) is 0. The zero-order valence-electron chi connectivity index (χ0n) is 17.5. The summed E-state index contributed by atoms with van der Waals surface area (Å²) in [6.45, 7) is 0. The van der Waals surface area contributed by atoms with E-state index in [4.69, 9.17) is 4.98 Å². The second-order valence-electron chi connectivity index (χ2n) is 8.20. The Morgan fingerprint density at radius 1 is 0.938 bits per heavy atom. The molecule has 0 bridgehead atoms. The average molecular weight is 425 g/mol. The van der Waals surface area contributed by atoms with Crippen molar-refractivity contribution < 1.29 is 9.59 Å². The second-order valence-corrected chi connectivity index (χ2v) is 8.20. The predicted octanol–water partition coefficient (Wildman–Crippen LogP) is 4.63. The Hall–Kier alpha value is -3.93. The number of nitrogens with one attached hydrogen (secondary N) is 3. The Balaban J connectivity index is 1.35. The van der Waals surface area contributed by atoms with E-state index < -0.39 is 0 Å². The van der Waals surface area contributed by atoms with Gasteiger partial charge in [-0.15, -0.1) is 0 Å².